The number of ether oxygens (including phenoxy) is 1. The predicted molar refractivity (Wildman–Crippen MR) is 98.6 cm³/mol. The summed E-state index contributed by atoms with van der Waals surface area (Å²) in [6.07, 6.45) is 5.24. The lowest BCUT2D eigenvalue weighted by molar-refractivity contribution is 0.0981. The number of rotatable bonds is 3. The van der Waals surface area contributed by atoms with E-state index in [4.69, 9.17) is 14.7 Å². The summed E-state index contributed by atoms with van der Waals surface area (Å²) in [5, 5.41) is 16.6. The van der Waals surface area contributed by atoms with Gasteiger partial charge in [0.05, 0.1) is 42.7 Å². The number of hydrogen-bond acceptors (Lipinski definition) is 7. The molecule has 10 heteroatoms. The molecule has 5 rings (SSSR count). The number of fused-ring (bicyclic) bond motifs is 1. The van der Waals surface area contributed by atoms with Gasteiger partial charge in [-0.15, -0.1) is 0 Å². The Balaban J connectivity index is 1.76. The van der Waals surface area contributed by atoms with Crippen LogP contribution in [0.2, 0.25) is 0 Å². The summed E-state index contributed by atoms with van der Waals surface area (Å²) >= 11 is 0. The van der Waals surface area contributed by atoms with E-state index in [9.17, 15) is 0 Å². The number of morpholine rings is 1. The van der Waals surface area contributed by atoms with Crippen LogP contribution in [0.1, 0.15) is 6.92 Å². The second kappa shape index (κ2) is 6.16. The maximum atomic E-state index is 5.57. The number of H-pyrrole nitrogens is 1. The van der Waals surface area contributed by atoms with Crippen LogP contribution >= 0.6 is 0 Å². The van der Waals surface area contributed by atoms with E-state index in [1.54, 1.807) is 23.3 Å². The molecule has 4 aromatic heterocycles. The highest BCUT2D eigenvalue weighted by molar-refractivity contribution is 5.91. The molecule has 4 aromatic rings. The van der Waals surface area contributed by atoms with Crippen LogP contribution < -0.4 is 4.90 Å². The maximum absolute atomic E-state index is 5.57. The number of aryl methyl sites for hydroxylation is 1. The van der Waals surface area contributed by atoms with Gasteiger partial charge in [0.2, 0.25) is 5.95 Å². The molecule has 1 N–H and O–H groups in total. The van der Waals surface area contributed by atoms with E-state index in [1.807, 2.05) is 23.9 Å². The van der Waals surface area contributed by atoms with Crippen LogP contribution in [0.4, 0.5) is 5.95 Å². The number of aromatic nitrogens is 8. The normalized spacial score (nSPS) is 17.7. The van der Waals surface area contributed by atoms with Crippen molar-refractivity contribution in [3.63, 3.8) is 0 Å². The Labute approximate surface area is 154 Å². The summed E-state index contributed by atoms with van der Waals surface area (Å²) in [6.45, 7) is 4.17. The lowest BCUT2D eigenvalue weighted by Gasteiger charge is -2.33. The van der Waals surface area contributed by atoms with Crippen LogP contribution in [0, 0.1) is 0 Å². The van der Waals surface area contributed by atoms with Crippen LogP contribution in [0.15, 0.2) is 30.7 Å². The zero-order chi connectivity index (χ0) is 18.4. The SMILES string of the molecule is CC1COCCN1c1nc(-c2ccnn2C)c2cnn(-c3ccn[nH]3)c2n1. The monoisotopic (exact) mass is 365 g/mol. The van der Waals surface area contributed by atoms with Gasteiger partial charge >= 0.3 is 0 Å². The van der Waals surface area contributed by atoms with E-state index < -0.39 is 0 Å². The highest BCUT2D eigenvalue weighted by atomic mass is 16.5. The van der Waals surface area contributed by atoms with Crippen molar-refractivity contribution >= 4 is 17.0 Å². The second-order valence-electron chi connectivity index (χ2n) is 6.57. The first kappa shape index (κ1) is 15.9. The van der Waals surface area contributed by atoms with Gasteiger partial charge in [0, 0.05) is 25.9 Å². The molecule has 1 fully saturated rings. The average Bonchev–Trinajstić information content (AvgIpc) is 3.41. The highest BCUT2D eigenvalue weighted by Crippen LogP contribution is 2.29. The van der Waals surface area contributed by atoms with Gasteiger partial charge in [0.25, 0.3) is 0 Å². The predicted octanol–water partition coefficient (Wildman–Crippen LogP) is 1.16. The van der Waals surface area contributed by atoms with Crippen LogP contribution in [0.25, 0.3) is 28.2 Å². The fraction of sp³-hybridized carbons (Fsp3) is 0.353. The fourth-order valence-corrected chi connectivity index (χ4v) is 3.39. The van der Waals surface area contributed by atoms with Crippen molar-refractivity contribution in [3.8, 4) is 17.2 Å². The molecule has 1 saturated heterocycles. The molecule has 27 heavy (non-hydrogen) atoms. The third-order valence-corrected chi connectivity index (χ3v) is 4.82. The van der Waals surface area contributed by atoms with Gasteiger partial charge in [-0.05, 0) is 13.0 Å². The van der Waals surface area contributed by atoms with Crippen molar-refractivity contribution < 1.29 is 4.74 Å². The Kier molecular flexibility index (Phi) is 3.64. The Hall–Kier alpha value is -3.27. The maximum Gasteiger partial charge on any atom is 0.228 e. The third kappa shape index (κ3) is 2.56. The van der Waals surface area contributed by atoms with Gasteiger partial charge in [0.15, 0.2) is 11.5 Å². The van der Waals surface area contributed by atoms with E-state index in [0.717, 1.165) is 34.8 Å². The first-order chi connectivity index (χ1) is 13.2. The summed E-state index contributed by atoms with van der Waals surface area (Å²) in [5.74, 6) is 1.41. The molecule has 0 saturated carbocycles. The number of aromatic amines is 1. The largest absolute Gasteiger partial charge is 0.377 e. The van der Waals surface area contributed by atoms with Crippen LogP contribution in [0.3, 0.4) is 0 Å². The van der Waals surface area contributed by atoms with Crippen LogP contribution in [-0.4, -0.2) is 65.5 Å². The lowest BCUT2D eigenvalue weighted by atomic mass is 10.2. The highest BCUT2D eigenvalue weighted by Gasteiger charge is 2.25. The molecular formula is C17H19N9O. The zero-order valence-corrected chi connectivity index (χ0v) is 15.1. The van der Waals surface area contributed by atoms with Gasteiger partial charge in [-0.25, -0.2) is 4.98 Å². The molecule has 0 radical (unpaired) electrons. The molecule has 1 aliphatic heterocycles. The van der Waals surface area contributed by atoms with Crippen molar-refractivity contribution in [3.05, 3.63) is 30.7 Å². The van der Waals surface area contributed by atoms with Crippen molar-refractivity contribution in [1.29, 1.82) is 0 Å². The molecule has 0 amide bonds. The summed E-state index contributed by atoms with van der Waals surface area (Å²) in [4.78, 5) is 11.9. The fourth-order valence-electron chi connectivity index (χ4n) is 3.39. The second-order valence-corrected chi connectivity index (χ2v) is 6.57. The summed E-state index contributed by atoms with van der Waals surface area (Å²) in [5.41, 5.74) is 2.44. The minimum Gasteiger partial charge on any atom is -0.377 e. The Bertz CT molecular complexity index is 1080. The summed E-state index contributed by atoms with van der Waals surface area (Å²) < 4.78 is 9.12. The smallest absolute Gasteiger partial charge is 0.228 e. The minimum absolute atomic E-state index is 0.194. The Morgan fingerprint density at radius 1 is 1.19 bits per heavy atom. The molecule has 1 unspecified atom stereocenters. The average molecular weight is 365 g/mol. The zero-order valence-electron chi connectivity index (χ0n) is 15.1. The van der Waals surface area contributed by atoms with E-state index in [-0.39, 0.29) is 6.04 Å². The molecule has 0 aliphatic carbocycles. The molecule has 138 valence electrons. The van der Waals surface area contributed by atoms with E-state index in [1.165, 1.54) is 0 Å². The molecule has 1 aliphatic rings. The van der Waals surface area contributed by atoms with E-state index in [0.29, 0.717) is 19.2 Å². The van der Waals surface area contributed by atoms with Crippen molar-refractivity contribution in [2.45, 2.75) is 13.0 Å². The number of nitrogens with one attached hydrogen (secondary N) is 1. The van der Waals surface area contributed by atoms with Crippen LogP contribution in [-0.2, 0) is 11.8 Å². The van der Waals surface area contributed by atoms with Crippen molar-refractivity contribution in [1.82, 2.24) is 39.7 Å². The van der Waals surface area contributed by atoms with Crippen molar-refractivity contribution in [2.75, 3.05) is 24.7 Å². The lowest BCUT2D eigenvalue weighted by Crippen LogP contribution is -2.44. The van der Waals surface area contributed by atoms with Gasteiger partial charge < -0.3 is 9.64 Å². The van der Waals surface area contributed by atoms with Gasteiger partial charge in [-0.2, -0.15) is 25.0 Å². The summed E-state index contributed by atoms with van der Waals surface area (Å²) in [6, 6.07) is 4.00. The van der Waals surface area contributed by atoms with Crippen LogP contribution in [0.5, 0.6) is 0 Å². The Morgan fingerprint density at radius 2 is 2.11 bits per heavy atom. The molecule has 0 aromatic carbocycles. The van der Waals surface area contributed by atoms with Crippen molar-refractivity contribution in [2.24, 2.45) is 7.05 Å². The first-order valence-corrected chi connectivity index (χ1v) is 8.80. The number of anilines is 1. The molecule has 0 bridgehead atoms. The number of nitrogens with zero attached hydrogens (tertiary/aromatic N) is 8. The topological polar surface area (TPSA) is 103 Å². The molecule has 1 atom stereocenters. The van der Waals surface area contributed by atoms with Gasteiger partial charge in [-0.1, -0.05) is 0 Å². The molecule has 10 nitrogen and oxygen atoms in total. The Morgan fingerprint density at radius 3 is 2.85 bits per heavy atom. The molecule has 0 spiro atoms. The number of hydrogen-bond donors (Lipinski definition) is 1. The molecule has 5 heterocycles. The standard InChI is InChI=1S/C17H19N9O/c1-11-10-27-8-7-25(11)17-21-15(13-3-6-19-24(13)2)12-9-20-26(16(12)22-17)14-4-5-18-23-14/h3-6,9,11H,7-8,10H2,1-2H3,(H,18,23). The molecular weight excluding hydrogens is 346 g/mol. The third-order valence-electron chi connectivity index (χ3n) is 4.82. The minimum atomic E-state index is 0.194. The summed E-state index contributed by atoms with van der Waals surface area (Å²) in [7, 11) is 1.90. The van der Waals surface area contributed by atoms with E-state index in [2.05, 4.69) is 32.2 Å². The first-order valence-electron chi connectivity index (χ1n) is 8.80. The van der Waals surface area contributed by atoms with Gasteiger partial charge in [-0.3, -0.25) is 9.78 Å². The van der Waals surface area contributed by atoms with Gasteiger partial charge in [0.1, 0.15) is 5.69 Å². The quantitative estimate of drug-likeness (QED) is 0.581. The van der Waals surface area contributed by atoms with E-state index >= 15 is 0 Å².